The van der Waals surface area contributed by atoms with E-state index < -0.39 is 51.4 Å². The number of rotatable bonds is 8. The van der Waals surface area contributed by atoms with E-state index in [1.807, 2.05) is 0 Å². The number of hydrogen-bond donors (Lipinski definition) is 2. The normalized spacial score (nSPS) is 24.2. The van der Waals surface area contributed by atoms with Gasteiger partial charge in [-0.1, -0.05) is 24.3 Å². The van der Waals surface area contributed by atoms with Crippen molar-refractivity contribution >= 4 is 28.1 Å². The predicted octanol–water partition coefficient (Wildman–Crippen LogP) is 2.79. The third-order valence-electron chi connectivity index (χ3n) is 7.18. The molecule has 4 atom stereocenters. The Morgan fingerprint density at radius 2 is 1.79 bits per heavy atom. The van der Waals surface area contributed by atoms with E-state index in [1.54, 1.807) is 23.1 Å². The van der Waals surface area contributed by atoms with Crippen molar-refractivity contribution in [1.82, 2.24) is 15.5 Å². The molecule has 2 N–H and O–H groups in total. The van der Waals surface area contributed by atoms with E-state index in [9.17, 15) is 36.0 Å². The van der Waals surface area contributed by atoms with E-state index in [2.05, 4.69) is 10.6 Å². The lowest BCUT2D eigenvalue weighted by atomic mass is 9.81. The van der Waals surface area contributed by atoms with Gasteiger partial charge in [-0.3, -0.25) is 14.4 Å². The molecule has 0 aromatic heterocycles. The maximum absolute atomic E-state index is 13.3. The lowest BCUT2D eigenvalue weighted by Crippen LogP contribution is -2.52. The van der Waals surface area contributed by atoms with Gasteiger partial charge in [-0.15, -0.1) is 0 Å². The molecule has 0 unspecified atom stereocenters. The van der Waals surface area contributed by atoms with Gasteiger partial charge in [0.2, 0.25) is 12.3 Å². The molecule has 4 rings (SSSR count). The fourth-order valence-corrected chi connectivity index (χ4v) is 7.02. The summed E-state index contributed by atoms with van der Waals surface area (Å²) in [4.78, 5) is 38.7. The molecule has 2 fully saturated rings. The summed E-state index contributed by atoms with van der Waals surface area (Å²) in [7, 11) is -3.68. The van der Waals surface area contributed by atoms with Crippen molar-refractivity contribution in [3.63, 3.8) is 0 Å². The molecule has 0 radical (unpaired) electrons. The molecule has 38 heavy (non-hydrogen) atoms. The van der Waals surface area contributed by atoms with E-state index >= 15 is 0 Å². The molecular formula is C26H28F3N3O5S. The Hall–Kier alpha value is -3.41. The third kappa shape index (κ3) is 6.17. The summed E-state index contributed by atoms with van der Waals surface area (Å²) < 4.78 is 65.4. The van der Waals surface area contributed by atoms with Crippen molar-refractivity contribution in [2.45, 2.75) is 54.9 Å². The molecule has 1 aliphatic carbocycles. The van der Waals surface area contributed by atoms with Gasteiger partial charge in [-0.25, -0.2) is 8.42 Å². The first-order valence-electron chi connectivity index (χ1n) is 12.3. The number of carbonyl (C=O) groups excluding carboxylic acids is 3. The molecule has 2 aliphatic rings. The minimum Gasteiger partial charge on any atom is -0.356 e. The van der Waals surface area contributed by atoms with Crippen molar-refractivity contribution in [2.75, 3.05) is 12.3 Å². The number of benzene rings is 2. The molecule has 3 amide bonds. The van der Waals surface area contributed by atoms with E-state index in [0.29, 0.717) is 25.7 Å². The second-order valence-electron chi connectivity index (χ2n) is 9.64. The number of nitrogens with one attached hydrogen (secondary N) is 2. The van der Waals surface area contributed by atoms with Crippen LogP contribution in [0.5, 0.6) is 0 Å². The maximum Gasteiger partial charge on any atom is 0.416 e. The summed E-state index contributed by atoms with van der Waals surface area (Å²) in [6.45, 7) is 0.269. The van der Waals surface area contributed by atoms with Crippen LogP contribution < -0.4 is 10.6 Å². The zero-order chi connectivity index (χ0) is 27.5. The van der Waals surface area contributed by atoms with Crippen molar-refractivity contribution in [3.05, 3.63) is 65.7 Å². The quantitative estimate of drug-likeness (QED) is 0.490. The molecule has 0 bridgehead atoms. The lowest BCUT2D eigenvalue weighted by Gasteiger charge is -2.41. The highest BCUT2D eigenvalue weighted by molar-refractivity contribution is 7.91. The molecule has 1 saturated carbocycles. The van der Waals surface area contributed by atoms with Crippen LogP contribution in [0.25, 0.3) is 0 Å². The zero-order valence-corrected chi connectivity index (χ0v) is 21.2. The van der Waals surface area contributed by atoms with Crippen LogP contribution in [0, 0.1) is 5.92 Å². The fourth-order valence-electron chi connectivity index (χ4n) is 5.33. The fraction of sp³-hybridized carbons (Fsp3) is 0.423. The van der Waals surface area contributed by atoms with Gasteiger partial charge in [0.1, 0.15) is 6.04 Å². The Morgan fingerprint density at radius 3 is 2.47 bits per heavy atom. The number of sulfone groups is 1. The van der Waals surface area contributed by atoms with Crippen LogP contribution in [0.2, 0.25) is 0 Å². The Morgan fingerprint density at radius 1 is 1.05 bits per heavy atom. The van der Waals surface area contributed by atoms with Crippen LogP contribution in [-0.4, -0.2) is 62.0 Å². The number of halogens is 3. The van der Waals surface area contributed by atoms with Gasteiger partial charge in [0, 0.05) is 24.2 Å². The minimum atomic E-state index is -4.61. The van der Waals surface area contributed by atoms with Crippen LogP contribution in [0.15, 0.2) is 59.5 Å². The second-order valence-corrected chi connectivity index (χ2v) is 11.7. The minimum absolute atomic E-state index is 0.170. The van der Waals surface area contributed by atoms with Gasteiger partial charge < -0.3 is 15.5 Å². The standard InChI is InChI=1S/C26H28F3N3O5S/c27-26(28,29)19-6-4-5-17(13-19)24(34)31-22-11-12-32(25(22)35)23-10-9-20(30-16-33)14-18(23)15-38(36,37)21-7-2-1-3-8-21/h1-8,13,16,18,20,22-23H,9-12,14-15H2,(H,30,33)(H,31,34)/t18-,20+,22-,23-/m0/s1. The molecule has 1 heterocycles. The first-order chi connectivity index (χ1) is 18.0. The van der Waals surface area contributed by atoms with E-state index in [0.717, 1.165) is 18.2 Å². The van der Waals surface area contributed by atoms with Gasteiger partial charge in [-0.2, -0.15) is 13.2 Å². The Bertz CT molecular complexity index is 1290. The van der Waals surface area contributed by atoms with Crippen LogP contribution in [0.4, 0.5) is 13.2 Å². The molecule has 1 aliphatic heterocycles. The smallest absolute Gasteiger partial charge is 0.356 e. The van der Waals surface area contributed by atoms with Crippen molar-refractivity contribution in [2.24, 2.45) is 5.92 Å². The van der Waals surface area contributed by atoms with E-state index in [-0.39, 0.29) is 35.2 Å². The third-order valence-corrected chi connectivity index (χ3v) is 9.04. The van der Waals surface area contributed by atoms with Gasteiger partial charge in [0.15, 0.2) is 9.84 Å². The predicted molar refractivity (Wildman–Crippen MR) is 132 cm³/mol. The summed E-state index contributed by atoms with van der Waals surface area (Å²) in [5, 5.41) is 5.25. The Balaban J connectivity index is 1.49. The van der Waals surface area contributed by atoms with Gasteiger partial charge in [0.05, 0.1) is 16.2 Å². The summed E-state index contributed by atoms with van der Waals surface area (Å²) in [6.07, 6.45) is -2.41. The molecule has 8 nitrogen and oxygen atoms in total. The summed E-state index contributed by atoms with van der Waals surface area (Å²) in [5.41, 5.74) is -1.17. The molecular weight excluding hydrogens is 523 g/mol. The highest BCUT2D eigenvalue weighted by atomic mass is 32.2. The Kier molecular flexibility index (Phi) is 8.10. The average molecular weight is 552 g/mol. The molecule has 12 heteroatoms. The second kappa shape index (κ2) is 11.1. The zero-order valence-electron chi connectivity index (χ0n) is 20.4. The summed E-state index contributed by atoms with van der Waals surface area (Å²) in [6, 6.07) is 10.4. The maximum atomic E-state index is 13.3. The van der Waals surface area contributed by atoms with Crippen LogP contribution >= 0.6 is 0 Å². The highest BCUT2D eigenvalue weighted by Crippen LogP contribution is 2.34. The number of amides is 3. The van der Waals surface area contributed by atoms with Crippen LogP contribution in [0.3, 0.4) is 0 Å². The van der Waals surface area contributed by atoms with Crippen molar-refractivity contribution < 1.29 is 36.0 Å². The SMILES string of the molecule is O=CN[C@@H]1CC[C@H](N2CC[C@H](NC(=O)c3cccc(C(F)(F)F)c3)C2=O)[C@H](CS(=O)(=O)c2ccccc2)C1. The largest absolute Gasteiger partial charge is 0.416 e. The molecule has 204 valence electrons. The summed E-state index contributed by atoms with van der Waals surface area (Å²) >= 11 is 0. The molecule has 1 saturated heterocycles. The number of carbonyl (C=O) groups is 3. The first kappa shape index (κ1) is 27.6. The van der Waals surface area contributed by atoms with E-state index in [4.69, 9.17) is 0 Å². The lowest BCUT2D eigenvalue weighted by molar-refractivity contribution is -0.137. The number of nitrogens with zero attached hydrogens (tertiary/aromatic N) is 1. The number of hydrogen-bond acceptors (Lipinski definition) is 5. The monoisotopic (exact) mass is 551 g/mol. The van der Waals surface area contributed by atoms with Gasteiger partial charge in [0.25, 0.3) is 5.91 Å². The van der Waals surface area contributed by atoms with Crippen LogP contribution in [0.1, 0.15) is 41.6 Å². The van der Waals surface area contributed by atoms with Crippen molar-refractivity contribution in [3.8, 4) is 0 Å². The molecule has 2 aromatic rings. The van der Waals surface area contributed by atoms with Gasteiger partial charge >= 0.3 is 6.18 Å². The number of likely N-dealkylation sites (tertiary alicyclic amines) is 1. The van der Waals surface area contributed by atoms with E-state index in [1.165, 1.54) is 18.2 Å². The highest BCUT2D eigenvalue weighted by Gasteiger charge is 2.43. The first-order valence-corrected chi connectivity index (χ1v) is 13.9. The average Bonchev–Trinajstić information content (AvgIpc) is 3.24. The molecule has 0 spiro atoms. The molecule has 2 aromatic carbocycles. The van der Waals surface area contributed by atoms with Gasteiger partial charge in [-0.05, 0) is 61.9 Å². The van der Waals surface area contributed by atoms with Crippen molar-refractivity contribution in [1.29, 1.82) is 0 Å². The number of alkyl halides is 3. The van der Waals surface area contributed by atoms with Crippen LogP contribution in [-0.2, 0) is 25.6 Å². The topological polar surface area (TPSA) is 113 Å². The summed E-state index contributed by atoms with van der Waals surface area (Å²) in [5.74, 6) is -1.88. The Labute approximate surface area is 218 Å².